The van der Waals surface area contributed by atoms with Gasteiger partial charge < -0.3 is 20.3 Å². The second kappa shape index (κ2) is 12.1. The Kier molecular flexibility index (Phi) is 8.85. The number of esters is 1. The normalized spacial score (nSPS) is 20.3. The van der Waals surface area contributed by atoms with Crippen LogP contribution >= 0.6 is 7.60 Å². The van der Waals surface area contributed by atoms with Crippen molar-refractivity contribution in [3.63, 3.8) is 0 Å². The van der Waals surface area contributed by atoms with Crippen LogP contribution in [0.1, 0.15) is 30.5 Å². The minimum absolute atomic E-state index is 0.00272. The Hall–Kier alpha value is -3.52. The van der Waals surface area contributed by atoms with Crippen LogP contribution in [0.3, 0.4) is 0 Å². The zero-order chi connectivity index (χ0) is 28.2. The first-order chi connectivity index (χ1) is 18.6. The number of carbonyl (C=O) groups excluding carboxylic acids is 3. The first kappa shape index (κ1) is 28.5. The van der Waals surface area contributed by atoms with Crippen LogP contribution in [-0.4, -0.2) is 47.7 Å². The van der Waals surface area contributed by atoms with E-state index < -0.39 is 37.4 Å². The second-order valence-corrected chi connectivity index (χ2v) is 12.0. The minimum Gasteiger partial charge on any atom is -0.467 e. The molecule has 0 aliphatic carbocycles. The van der Waals surface area contributed by atoms with Crippen molar-refractivity contribution in [2.75, 3.05) is 7.11 Å². The number of fused-ring (bicyclic) bond motifs is 1. The molecule has 0 saturated heterocycles. The third-order valence-electron chi connectivity index (χ3n) is 6.79. The first-order valence-corrected chi connectivity index (χ1v) is 14.4. The van der Waals surface area contributed by atoms with Gasteiger partial charge in [-0.3, -0.25) is 18.7 Å². The maximum absolute atomic E-state index is 13.8. The molecule has 2 amide bonds. The summed E-state index contributed by atoms with van der Waals surface area (Å²) in [5, 5.41) is 7.17. The fourth-order valence-electron chi connectivity index (χ4n) is 4.70. The quantitative estimate of drug-likeness (QED) is 0.302. The molecule has 3 aromatic rings. The minimum atomic E-state index is -4.68. The summed E-state index contributed by atoms with van der Waals surface area (Å²) in [7, 11) is -3.50. The number of rotatable bonds is 7. The van der Waals surface area contributed by atoms with E-state index in [0.717, 1.165) is 16.3 Å². The van der Waals surface area contributed by atoms with E-state index >= 15 is 0 Å². The van der Waals surface area contributed by atoms with Crippen LogP contribution in [0.4, 0.5) is 0 Å². The lowest BCUT2D eigenvalue weighted by Gasteiger charge is -2.30. The average molecular weight is 553 g/mol. The fourth-order valence-corrected chi connectivity index (χ4v) is 6.11. The molecule has 10 heteroatoms. The van der Waals surface area contributed by atoms with E-state index in [4.69, 9.17) is 9.26 Å². The van der Waals surface area contributed by atoms with Gasteiger partial charge in [0.2, 0.25) is 11.8 Å². The monoisotopic (exact) mass is 552 g/mol. The molecule has 0 spiro atoms. The van der Waals surface area contributed by atoms with Gasteiger partial charge in [-0.05, 0) is 33.4 Å². The van der Waals surface area contributed by atoms with Crippen molar-refractivity contribution < 1.29 is 33.1 Å². The zero-order valence-corrected chi connectivity index (χ0v) is 23.0. The molecule has 1 aliphatic heterocycles. The summed E-state index contributed by atoms with van der Waals surface area (Å²) in [6.07, 6.45) is -1.33. The summed E-state index contributed by atoms with van der Waals surface area (Å²) in [6.45, 7) is 3.55. The molecule has 1 aliphatic rings. The van der Waals surface area contributed by atoms with E-state index in [1.807, 2.05) is 36.4 Å². The van der Waals surface area contributed by atoms with Gasteiger partial charge in [0.15, 0.2) is 6.10 Å². The van der Waals surface area contributed by atoms with Crippen molar-refractivity contribution in [3.8, 4) is 0 Å². The summed E-state index contributed by atoms with van der Waals surface area (Å²) in [4.78, 5) is 50.1. The summed E-state index contributed by atoms with van der Waals surface area (Å²) in [5.74, 6) is -3.46. The van der Waals surface area contributed by atoms with Gasteiger partial charge in [0.05, 0.1) is 13.5 Å². The Morgan fingerprint density at radius 3 is 2.49 bits per heavy atom. The van der Waals surface area contributed by atoms with Crippen molar-refractivity contribution in [1.82, 2.24) is 10.6 Å². The zero-order valence-electron chi connectivity index (χ0n) is 22.1. The Balaban J connectivity index is 1.73. The average Bonchev–Trinajstić information content (AvgIpc) is 2.90. The first-order valence-electron chi connectivity index (χ1n) is 12.8. The Bertz CT molecular complexity index is 1410. The van der Waals surface area contributed by atoms with E-state index in [1.165, 1.54) is 7.11 Å². The molecule has 3 aromatic carbocycles. The Morgan fingerprint density at radius 1 is 1.05 bits per heavy atom. The Labute approximate surface area is 227 Å². The van der Waals surface area contributed by atoms with Gasteiger partial charge in [-0.1, -0.05) is 80.6 Å². The molecule has 9 nitrogen and oxygen atoms in total. The van der Waals surface area contributed by atoms with E-state index in [-0.39, 0.29) is 31.1 Å². The topological polar surface area (TPSA) is 131 Å². The van der Waals surface area contributed by atoms with Gasteiger partial charge in [-0.2, -0.15) is 0 Å². The number of amides is 2. The second-order valence-electron chi connectivity index (χ2n) is 10.0. The number of ether oxygens (including phenoxy) is 1. The molecule has 0 saturated carbocycles. The van der Waals surface area contributed by atoms with Crippen molar-refractivity contribution in [2.45, 2.75) is 51.0 Å². The van der Waals surface area contributed by atoms with Crippen LogP contribution < -0.4 is 10.6 Å². The lowest BCUT2D eigenvalue weighted by atomic mass is 9.97. The van der Waals surface area contributed by atoms with E-state index in [2.05, 4.69) is 10.6 Å². The van der Waals surface area contributed by atoms with Crippen molar-refractivity contribution in [3.05, 3.63) is 83.4 Å². The van der Waals surface area contributed by atoms with Crippen molar-refractivity contribution >= 4 is 36.2 Å². The molecule has 1 heterocycles. The smallest absolute Gasteiger partial charge is 0.351 e. The summed E-state index contributed by atoms with van der Waals surface area (Å²) in [5.41, 5.74) is 2.15. The van der Waals surface area contributed by atoms with Gasteiger partial charge in [-0.15, -0.1) is 0 Å². The van der Waals surface area contributed by atoms with Crippen LogP contribution in [0.5, 0.6) is 0 Å². The van der Waals surface area contributed by atoms with Crippen molar-refractivity contribution in [2.24, 2.45) is 5.92 Å². The summed E-state index contributed by atoms with van der Waals surface area (Å²) >= 11 is 0. The molecule has 4 unspecified atom stereocenters. The number of hydrogen-bond donors (Lipinski definition) is 3. The van der Waals surface area contributed by atoms with Gasteiger partial charge >= 0.3 is 13.6 Å². The standard InChI is InChI=1S/C29H33N2O7P/c1-18(2)27-28(33)31-26(39(35,36)38-24(29(34)37-3)15-19-8-5-4-6-9-19)16-20-12-13-21-10-7-11-22(23(21)14-20)17-25(32)30-27/h4-14,18,24,26-27H,15-17H2,1-3H3,(H,30,32)(H,31,33)(H,35,36). The highest BCUT2D eigenvalue weighted by molar-refractivity contribution is 7.53. The van der Waals surface area contributed by atoms with Crippen LogP contribution in [0, 0.1) is 5.92 Å². The van der Waals surface area contributed by atoms with Gasteiger partial charge in [0.1, 0.15) is 11.8 Å². The molecule has 4 rings (SSSR count). The maximum atomic E-state index is 13.8. The van der Waals surface area contributed by atoms with Gasteiger partial charge in [0.25, 0.3) is 0 Å². The van der Waals surface area contributed by atoms with Crippen molar-refractivity contribution in [1.29, 1.82) is 0 Å². The third-order valence-corrected chi connectivity index (χ3v) is 8.45. The van der Waals surface area contributed by atoms with E-state index in [9.17, 15) is 23.8 Å². The predicted octanol–water partition coefficient (Wildman–Crippen LogP) is 3.51. The Morgan fingerprint density at radius 2 is 1.79 bits per heavy atom. The predicted molar refractivity (Wildman–Crippen MR) is 147 cm³/mol. The SMILES string of the molecule is COC(=O)C(Cc1ccccc1)OP(=O)(O)C1Cc2ccc3cccc(c3c2)CC(=O)NC(C(C)C)C(=O)N1. The molecule has 3 N–H and O–H groups in total. The third kappa shape index (κ3) is 6.92. The maximum Gasteiger partial charge on any atom is 0.351 e. The molecular formula is C29H33N2O7P. The molecule has 0 aromatic heterocycles. The number of nitrogens with one attached hydrogen (secondary N) is 2. The lowest BCUT2D eigenvalue weighted by Crippen LogP contribution is -2.53. The summed E-state index contributed by atoms with van der Waals surface area (Å²) < 4.78 is 24.2. The highest BCUT2D eigenvalue weighted by atomic mass is 31.2. The van der Waals surface area contributed by atoms with Crippen LogP contribution in [0.15, 0.2) is 66.7 Å². The number of hydrogen-bond acceptors (Lipinski definition) is 6. The van der Waals surface area contributed by atoms with Crippen LogP contribution in [-0.2, 0) is 47.5 Å². The number of methoxy groups -OCH3 is 1. The largest absolute Gasteiger partial charge is 0.467 e. The molecule has 206 valence electrons. The molecule has 2 bridgehead atoms. The molecule has 4 atom stereocenters. The number of carbonyl (C=O) groups is 3. The van der Waals surface area contributed by atoms with Crippen LogP contribution in [0.25, 0.3) is 10.8 Å². The van der Waals surface area contributed by atoms with Gasteiger partial charge in [0, 0.05) is 12.8 Å². The highest BCUT2D eigenvalue weighted by Crippen LogP contribution is 2.49. The number of benzene rings is 3. The molecule has 39 heavy (non-hydrogen) atoms. The lowest BCUT2D eigenvalue weighted by molar-refractivity contribution is -0.149. The molecule has 0 radical (unpaired) electrons. The van der Waals surface area contributed by atoms with Gasteiger partial charge in [-0.25, -0.2) is 4.79 Å². The van der Waals surface area contributed by atoms with E-state index in [0.29, 0.717) is 11.1 Å². The highest BCUT2D eigenvalue weighted by Gasteiger charge is 2.40. The summed E-state index contributed by atoms with van der Waals surface area (Å²) in [6, 6.07) is 19.1. The van der Waals surface area contributed by atoms with Crippen LogP contribution in [0.2, 0.25) is 0 Å². The fraction of sp³-hybridized carbons (Fsp3) is 0.345. The molecule has 0 fully saturated rings. The molecular weight excluding hydrogens is 519 g/mol. The van der Waals surface area contributed by atoms with E-state index in [1.54, 1.807) is 44.2 Å².